The van der Waals surface area contributed by atoms with Gasteiger partial charge in [-0.05, 0) is 24.7 Å². The minimum atomic E-state index is -0.234. The fraction of sp³-hybridized carbons (Fsp3) is 0.538. The smallest absolute Gasteiger partial charge is 0.231 e. The quantitative estimate of drug-likeness (QED) is 0.824. The molecule has 2 aliphatic rings. The van der Waals surface area contributed by atoms with E-state index in [1.54, 1.807) is 0 Å². The maximum absolute atomic E-state index is 9.62. The van der Waals surface area contributed by atoms with Gasteiger partial charge >= 0.3 is 0 Å². The summed E-state index contributed by atoms with van der Waals surface area (Å²) in [6.45, 7) is 1.52. The van der Waals surface area contributed by atoms with E-state index in [9.17, 15) is 5.11 Å². The predicted molar refractivity (Wildman–Crippen MR) is 64.7 cm³/mol. The number of ether oxygens (including phenoxy) is 3. The van der Waals surface area contributed by atoms with E-state index in [1.165, 1.54) is 0 Å². The van der Waals surface area contributed by atoms with E-state index in [1.807, 2.05) is 25.2 Å². The SMILES string of the molecule is CNC(c1ccc2c(c1)OCO2)C1(CO)COC1. The van der Waals surface area contributed by atoms with E-state index in [4.69, 9.17) is 14.2 Å². The molecule has 3 rings (SSSR count). The van der Waals surface area contributed by atoms with Crippen molar-refractivity contribution in [3.8, 4) is 11.5 Å². The molecule has 1 saturated heterocycles. The molecule has 1 aromatic carbocycles. The van der Waals surface area contributed by atoms with Crippen LogP contribution in [0.25, 0.3) is 0 Å². The number of benzene rings is 1. The van der Waals surface area contributed by atoms with Gasteiger partial charge < -0.3 is 24.6 Å². The first kappa shape index (κ1) is 11.8. The van der Waals surface area contributed by atoms with Crippen LogP contribution in [0.2, 0.25) is 0 Å². The molecule has 0 amide bonds. The molecule has 0 radical (unpaired) electrons. The van der Waals surface area contributed by atoms with Crippen molar-refractivity contribution >= 4 is 0 Å². The van der Waals surface area contributed by atoms with Gasteiger partial charge in [-0.15, -0.1) is 0 Å². The van der Waals surface area contributed by atoms with E-state index >= 15 is 0 Å². The summed E-state index contributed by atoms with van der Waals surface area (Å²) in [5.74, 6) is 1.54. The van der Waals surface area contributed by atoms with E-state index in [0.29, 0.717) is 13.2 Å². The molecule has 0 aliphatic carbocycles. The molecular formula is C13H17NO4. The zero-order chi connectivity index (χ0) is 12.6. The molecule has 1 atom stereocenters. The number of hydrogen-bond donors (Lipinski definition) is 2. The van der Waals surface area contributed by atoms with Crippen LogP contribution in [0.4, 0.5) is 0 Å². The van der Waals surface area contributed by atoms with Crippen LogP contribution in [-0.2, 0) is 4.74 Å². The van der Waals surface area contributed by atoms with Crippen molar-refractivity contribution in [2.45, 2.75) is 6.04 Å². The molecule has 5 nitrogen and oxygen atoms in total. The second-order valence-electron chi connectivity index (χ2n) is 4.85. The van der Waals surface area contributed by atoms with Crippen LogP contribution >= 0.6 is 0 Å². The van der Waals surface area contributed by atoms with Gasteiger partial charge in [-0.1, -0.05) is 6.07 Å². The molecule has 0 spiro atoms. The Labute approximate surface area is 106 Å². The molecule has 18 heavy (non-hydrogen) atoms. The fourth-order valence-electron chi connectivity index (χ4n) is 2.63. The highest BCUT2D eigenvalue weighted by atomic mass is 16.7. The van der Waals surface area contributed by atoms with E-state index in [-0.39, 0.29) is 24.9 Å². The molecule has 0 saturated carbocycles. The van der Waals surface area contributed by atoms with Crippen molar-refractivity contribution in [2.75, 3.05) is 33.7 Å². The Balaban J connectivity index is 1.92. The third-order valence-corrected chi connectivity index (χ3v) is 3.72. The standard InChI is InChI=1S/C13H17NO4/c1-14-12(13(5-15)6-16-7-13)9-2-3-10-11(4-9)18-8-17-10/h2-4,12,14-15H,5-8H2,1H3. The molecule has 1 aromatic rings. The lowest BCUT2D eigenvalue weighted by molar-refractivity contribution is -0.155. The lowest BCUT2D eigenvalue weighted by atomic mass is 9.76. The molecule has 2 N–H and O–H groups in total. The zero-order valence-electron chi connectivity index (χ0n) is 10.3. The van der Waals surface area contributed by atoms with Gasteiger partial charge in [0, 0.05) is 6.04 Å². The molecule has 1 fully saturated rings. The first-order valence-electron chi connectivity index (χ1n) is 6.04. The number of aliphatic hydroxyl groups excluding tert-OH is 1. The zero-order valence-corrected chi connectivity index (χ0v) is 10.3. The molecule has 0 bridgehead atoms. The number of rotatable bonds is 4. The fourth-order valence-corrected chi connectivity index (χ4v) is 2.63. The molecule has 5 heteroatoms. The summed E-state index contributed by atoms with van der Waals surface area (Å²) in [4.78, 5) is 0. The lowest BCUT2D eigenvalue weighted by Gasteiger charge is -2.46. The van der Waals surface area contributed by atoms with Gasteiger partial charge in [-0.3, -0.25) is 0 Å². The molecule has 98 valence electrons. The number of aliphatic hydroxyl groups is 1. The second-order valence-corrected chi connectivity index (χ2v) is 4.85. The molecular weight excluding hydrogens is 234 g/mol. The first-order valence-corrected chi connectivity index (χ1v) is 6.04. The minimum absolute atomic E-state index is 0.0470. The molecule has 2 aliphatic heterocycles. The Morgan fingerprint density at radius 3 is 2.72 bits per heavy atom. The second kappa shape index (κ2) is 4.42. The van der Waals surface area contributed by atoms with Gasteiger partial charge in [0.15, 0.2) is 11.5 Å². The summed E-state index contributed by atoms with van der Waals surface area (Å²) in [7, 11) is 1.89. The van der Waals surface area contributed by atoms with Crippen molar-refractivity contribution in [1.29, 1.82) is 0 Å². The van der Waals surface area contributed by atoms with Crippen LogP contribution in [0.5, 0.6) is 11.5 Å². The van der Waals surface area contributed by atoms with Gasteiger partial charge in [0.2, 0.25) is 6.79 Å². The van der Waals surface area contributed by atoms with Crippen LogP contribution in [0.3, 0.4) is 0 Å². The Kier molecular flexibility index (Phi) is 2.89. The summed E-state index contributed by atoms with van der Waals surface area (Å²) in [5.41, 5.74) is 0.849. The third-order valence-electron chi connectivity index (χ3n) is 3.72. The van der Waals surface area contributed by atoms with Gasteiger partial charge in [0.1, 0.15) is 0 Å². The van der Waals surface area contributed by atoms with Crippen molar-refractivity contribution in [2.24, 2.45) is 5.41 Å². The van der Waals surface area contributed by atoms with Crippen molar-refractivity contribution in [3.05, 3.63) is 23.8 Å². The van der Waals surface area contributed by atoms with Crippen LogP contribution in [-0.4, -0.2) is 38.8 Å². The Morgan fingerprint density at radius 2 is 2.11 bits per heavy atom. The van der Waals surface area contributed by atoms with Crippen molar-refractivity contribution in [3.63, 3.8) is 0 Å². The monoisotopic (exact) mass is 251 g/mol. The summed E-state index contributed by atoms with van der Waals surface area (Å²) in [6, 6.07) is 5.93. The topological polar surface area (TPSA) is 60.0 Å². The van der Waals surface area contributed by atoms with E-state index < -0.39 is 0 Å². The Bertz CT molecular complexity index is 439. The number of nitrogens with one attached hydrogen (secondary N) is 1. The van der Waals surface area contributed by atoms with Gasteiger partial charge in [-0.2, -0.15) is 0 Å². The van der Waals surface area contributed by atoms with Crippen molar-refractivity contribution in [1.82, 2.24) is 5.32 Å². The highest BCUT2D eigenvalue weighted by molar-refractivity contribution is 5.45. The van der Waals surface area contributed by atoms with Crippen LogP contribution < -0.4 is 14.8 Å². The third kappa shape index (κ3) is 1.67. The Morgan fingerprint density at radius 1 is 1.33 bits per heavy atom. The van der Waals surface area contributed by atoms with Crippen LogP contribution in [0.1, 0.15) is 11.6 Å². The van der Waals surface area contributed by atoms with Gasteiger partial charge in [0.25, 0.3) is 0 Å². The molecule has 0 aromatic heterocycles. The Hall–Kier alpha value is -1.30. The number of fused-ring (bicyclic) bond motifs is 1. The highest BCUT2D eigenvalue weighted by Gasteiger charge is 2.45. The maximum Gasteiger partial charge on any atom is 0.231 e. The van der Waals surface area contributed by atoms with Gasteiger partial charge in [-0.25, -0.2) is 0 Å². The largest absolute Gasteiger partial charge is 0.454 e. The maximum atomic E-state index is 9.62. The summed E-state index contributed by atoms with van der Waals surface area (Å²) in [5, 5.41) is 12.9. The minimum Gasteiger partial charge on any atom is -0.454 e. The summed E-state index contributed by atoms with van der Waals surface area (Å²) in [6.07, 6.45) is 0. The molecule has 1 unspecified atom stereocenters. The van der Waals surface area contributed by atoms with E-state index in [0.717, 1.165) is 17.1 Å². The first-order chi connectivity index (χ1) is 8.79. The number of hydrogen-bond acceptors (Lipinski definition) is 5. The van der Waals surface area contributed by atoms with Gasteiger partial charge in [0.05, 0.1) is 25.2 Å². The van der Waals surface area contributed by atoms with Crippen LogP contribution in [0.15, 0.2) is 18.2 Å². The average Bonchev–Trinajstić information content (AvgIpc) is 2.80. The van der Waals surface area contributed by atoms with Crippen LogP contribution in [0, 0.1) is 5.41 Å². The lowest BCUT2D eigenvalue weighted by Crippen LogP contribution is -2.53. The summed E-state index contributed by atoms with van der Waals surface area (Å²) < 4.78 is 16.0. The van der Waals surface area contributed by atoms with E-state index in [2.05, 4.69) is 5.32 Å². The average molecular weight is 251 g/mol. The van der Waals surface area contributed by atoms with Crippen molar-refractivity contribution < 1.29 is 19.3 Å². The predicted octanol–water partition coefficient (Wildman–Crippen LogP) is 0.685. The highest BCUT2D eigenvalue weighted by Crippen LogP contribution is 2.42. The molecule has 2 heterocycles. The summed E-state index contributed by atoms with van der Waals surface area (Å²) >= 11 is 0. The normalized spacial score (nSPS) is 21.4.